The molecule has 0 spiro atoms. The Hall–Kier alpha value is -2.50. The van der Waals surface area contributed by atoms with Gasteiger partial charge in [-0.25, -0.2) is 4.79 Å². The van der Waals surface area contributed by atoms with E-state index in [1.807, 2.05) is 51.9 Å². The third-order valence-corrected chi connectivity index (χ3v) is 5.91. The summed E-state index contributed by atoms with van der Waals surface area (Å²) in [6.45, 7) is 2.35. The number of hydrogen-bond acceptors (Lipinski definition) is 2. The Kier molecular flexibility index (Phi) is 5.05. The van der Waals surface area contributed by atoms with E-state index in [-0.39, 0.29) is 11.9 Å². The topological polar surface area (TPSA) is 57.6 Å². The minimum absolute atomic E-state index is 0.0270. The molecule has 6 heteroatoms. The van der Waals surface area contributed by atoms with Crippen molar-refractivity contribution in [2.75, 3.05) is 26.2 Å². The van der Waals surface area contributed by atoms with E-state index < -0.39 is 0 Å². The summed E-state index contributed by atoms with van der Waals surface area (Å²) < 4.78 is 2.00. The zero-order valence-corrected chi connectivity index (χ0v) is 16.0. The van der Waals surface area contributed by atoms with Gasteiger partial charge in [-0.1, -0.05) is 37.5 Å². The second-order valence-electron chi connectivity index (χ2n) is 7.73. The number of amides is 3. The number of piperazine rings is 1. The summed E-state index contributed by atoms with van der Waals surface area (Å²) >= 11 is 0. The molecule has 4 rings (SSSR count). The molecule has 2 heterocycles. The molecule has 27 heavy (non-hydrogen) atoms. The highest BCUT2D eigenvalue weighted by Gasteiger charge is 2.27. The highest BCUT2D eigenvalue weighted by Crippen LogP contribution is 2.22. The van der Waals surface area contributed by atoms with Crippen LogP contribution in [0.1, 0.15) is 42.5 Å². The van der Waals surface area contributed by atoms with E-state index in [0.29, 0.717) is 32.2 Å². The van der Waals surface area contributed by atoms with Gasteiger partial charge in [0.05, 0.1) is 5.56 Å². The fourth-order valence-electron chi connectivity index (χ4n) is 4.31. The molecule has 0 bridgehead atoms. The standard InChI is InChI=1S/C21H28N4O2/c1-23-15-18(17-9-5-6-10-19(17)23)20(26)24-11-13-25(14-12-24)21(27)22-16-7-3-2-4-8-16/h5-6,9-10,15-16H,2-4,7-8,11-14H2,1H3,(H,22,27). The molecular weight excluding hydrogens is 340 g/mol. The van der Waals surface area contributed by atoms with Gasteiger partial charge >= 0.3 is 6.03 Å². The third-order valence-electron chi connectivity index (χ3n) is 5.91. The van der Waals surface area contributed by atoms with Gasteiger partial charge in [-0.2, -0.15) is 0 Å². The Morgan fingerprint density at radius 2 is 1.63 bits per heavy atom. The summed E-state index contributed by atoms with van der Waals surface area (Å²) in [5, 5.41) is 4.16. The fourth-order valence-corrected chi connectivity index (χ4v) is 4.31. The van der Waals surface area contributed by atoms with E-state index in [1.165, 1.54) is 19.3 Å². The summed E-state index contributed by atoms with van der Waals surface area (Å²) in [6, 6.07) is 8.32. The summed E-state index contributed by atoms with van der Waals surface area (Å²) in [7, 11) is 1.96. The molecule has 0 atom stereocenters. The molecule has 0 unspecified atom stereocenters. The molecular formula is C21H28N4O2. The summed E-state index contributed by atoms with van der Waals surface area (Å²) in [5.74, 6) is 0.0548. The molecule has 3 amide bonds. The first-order valence-electron chi connectivity index (χ1n) is 10.0. The predicted octanol–water partition coefficient (Wildman–Crippen LogP) is 2.98. The second-order valence-corrected chi connectivity index (χ2v) is 7.73. The first-order valence-corrected chi connectivity index (χ1v) is 10.0. The molecule has 6 nitrogen and oxygen atoms in total. The van der Waals surface area contributed by atoms with Crippen molar-refractivity contribution in [1.82, 2.24) is 19.7 Å². The number of hydrogen-bond donors (Lipinski definition) is 1. The van der Waals surface area contributed by atoms with Crippen LogP contribution < -0.4 is 5.32 Å². The third kappa shape index (κ3) is 3.66. The van der Waals surface area contributed by atoms with Crippen molar-refractivity contribution < 1.29 is 9.59 Å². The van der Waals surface area contributed by atoms with Gasteiger partial charge in [-0.05, 0) is 18.9 Å². The van der Waals surface area contributed by atoms with E-state index in [9.17, 15) is 9.59 Å². The van der Waals surface area contributed by atoms with E-state index >= 15 is 0 Å². The lowest BCUT2D eigenvalue weighted by Gasteiger charge is -2.36. The number of nitrogens with zero attached hydrogens (tertiary/aromatic N) is 3. The number of para-hydroxylation sites is 1. The van der Waals surface area contributed by atoms with Crippen LogP contribution in [0.25, 0.3) is 10.9 Å². The number of carbonyl (C=O) groups is 2. The Balaban J connectivity index is 1.37. The van der Waals surface area contributed by atoms with Crippen LogP contribution >= 0.6 is 0 Å². The van der Waals surface area contributed by atoms with Crippen LogP contribution in [0.15, 0.2) is 30.5 Å². The van der Waals surface area contributed by atoms with Crippen molar-refractivity contribution in [3.63, 3.8) is 0 Å². The zero-order valence-electron chi connectivity index (χ0n) is 16.0. The Labute approximate surface area is 160 Å². The highest BCUT2D eigenvalue weighted by atomic mass is 16.2. The van der Waals surface area contributed by atoms with Crippen LogP contribution in [0.3, 0.4) is 0 Å². The molecule has 2 aromatic rings. The van der Waals surface area contributed by atoms with Gasteiger partial charge in [0.25, 0.3) is 5.91 Å². The van der Waals surface area contributed by atoms with Gasteiger partial charge < -0.3 is 19.7 Å². The maximum absolute atomic E-state index is 13.0. The van der Waals surface area contributed by atoms with Crippen molar-refractivity contribution in [3.05, 3.63) is 36.0 Å². The van der Waals surface area contributed by atoms with E-state index in [0.717, 1.165) is 29.3 Å². The number of urea groups is 1. The molecule has 1 saturated carbocycles. The Bertz CT molecular complexity index is 830. The predicted molar refractivity (Wildman–Crippen MR) is 106 cm³/mol. The van der Waals surface area contributed by atoms with Gasteiger partial charge in [-0.15, -0.1) is 0 Å². The van der Waals surface area contributed by atoms with Crippen molar-refractivity contribution in [2.24, 2.45) is 7.05 Å². The molecule has 2 aliphatic rings. The molecule has 1 aromatic heterocycles. The summed E-state index contributed by atoms with van der Waals surface area (Å²) in [4.78, 5) is 29.2. The van der Waals surface area contributed by atoms with Crippen molar-refractivity contribution >= 4 is 22.8 Å². The largest absolute Gasteiger partial charge is 0.350 e. The van der Waals surface area contributed by atoms with Gasteiger partial charge in [0.2, 0.25) is 0 Å². The van der Waals surface area contributed by atoms with Gasteiger partial charge in [-0.3, -0.25) is 4.79 Å². The smallest absolute Gasteiger partial charge is 0.317 e. The van der Waals surface area contributed by atoms with Crippen LogP contribution in [0.4, 0.5) is 4.79 Å². The van der Waals surface area contributed by atoms with Crippen LogP contribution in [0.2, 0.25) is 0 Å². The quantitative estimate of drug-likeness (QED) is 0.886. The van der Waals surface area contributed by atoms with Crippen LogP contribution in [0.5, 0.6) is 0 Å². The average Bonchev–Trinajstić information content (AvgIpc) is 3.05. The first-order chi connectivity index (χ1) is 13.1. The summed E-state index contributed by atoms with van der Waals surface area (Å²) in [6.07, 6.45) is 7.78. The van der Waals surface area contributed by atoms with Gasteiger partial charge in [0.1, 0.15) is 0 Å². The number of rotatable bonds is 2. The fraction of sp³-hybridized carbons (Fsp3) is 0.524. The van der Waals surface area contributed by atoms with E-state index in [2.05, 4.69) is 5.32 Å². The average molecular weight is 368 g/mol. The number of fused-ring (bicyclic) bond motifs is 1. The second kappa shape index (κ2) is 7.62. The normalized spacial score (nSPS) is 18.7. The Morgan fingerprint density at radius 1 is 0.963 bits per heavy atom. The lowest BCUT2D eigenvalue weighted by molar-refractivity contribution is 0.0664. The van der Waals surface area contributed by atoms with Crippen LogP contribution in [-0.2, 0) is 7.05 Å². The zero-order chi connectivity index (χ0) is 18.8. The van der Waals surface area contributed by atoms with E-state index in [1.54, 1.807) is 0 Å². The van der Waals surface area contributed by atoms with Crippen LogP contribution in [-0.4, -0.2) is 58.5 Å². The molecule has 0 radical (unpaired) electrons. The Morgan fingerprint density at radius 3 is 2.37 bits per heavy atom. The minimum atomic E-state index is 0.0270. The number of nitrogens with one attached hydrogen (secondary N) is 1. The minimum Gasteiger partial charge on any atom is -0.350 e. The number of benzene rings is 1. The SMILES string of the molecule is Cn1cc(C(=O)N2CCN(C(=O)NC3CCCCC3)CC2)c2ccccc21. The first kappa shape index (κ1) is 17.9. The number of carbonyl (C=O) groups excluding carboxylic acids is 2. The number of aromatic nitrogens is 1. The lowest BCUT2D eigenvalue weighted by Crippen LogP contribution is -2.54. The van der Waals surface area contributed by atoms with Crippen molar-refractivity contribution in [1.29, 1.82) is 0 Å². The van der Waals surface area contributed by atoms with Crippen LogP contribution in [0, 0.1) is 0 Å². The monoisotopic (exact) mass is 368 g/mol. The molecule has 1 N–H and O–H groups in total. The van der Waals surface area contributed by atoms with Gasteiger partial charge in [0.15, 0.2) is 0 Å². The molecule has 144 valence electrons. The molecule has 1 aromatic carbocycles. The van der Waals surface area contributed by atoms with Gasteiger partial charge in [0, 0.05) is 56.4 Å². The molecule has 1 aliphatic carbocycles. The maximum Gasteiger partial charge on any atom is 0.317 e. The lowest BCUT2D eigenvalue weighted by atomic mass is 9.96. The maximum atomic E-state index is 13.0. The number of aryl methyl sites for hydroxylation is 1. The van der Waals surface area contributed by atoms with Crippen molar-refractivity contribution in [3.8, 4) is 0 Å². The molecule has 2 fully saturated rings. The highest BCUT2D eigenvalue weighted by molar-refractivity contribution is 6.07. The summed E-state index contributed by atoms with van der Waals surface area (Å²) in [5.41, 5.74) is 1.81. The molecule has 1 aliphatic heterocycles. The van der Waals surface area contributed by atoms with Crippen molar-refractivity contribution in [2.45, 2.75) is 38.1 Å². The van der Waals surface area contributed by atoms with E-state index in [4.69, 9.17) is 0 Å². The molecule has 1 saturated heterocycles.